The molecule has 2 aromatic heterocycles. The summed E-state index contributed by atoms with van der Waals surface area (Å²) in [4.78, 5) is 5.86. The fourth-order valence-corrected chi connectivity index (χ4v) is 3.97. The Kier molecular flexibility index (Phi) is 3.82. The van der Waals surface area contributed by atoms with Crippen molar-refractivity contribution in [2.24, 2.45) is 0 Å². The van der Waals surface area contributed by atoms with E-state index in [2.05, 4.69) is 49.1 Å². The minimum atomic E-state index is 0.567. The van der Waals surface area contributed by atoms with E-state index in [1.165, 1.54) is 27.3 Å². The molecule has 0 amide bonds. The van der Waals surface area contributed by atoms with Gasteiger partial charge in [0.15, 0.2) is 0 Å². The van der Waals surface area contributed by atoms with Gasteiger partial charge in [0.1, 0.15) is 5.82 Å². The lowest BCUT2D eigenvalue weighted by Crippen LogP contribution is -2.26. The number of fused-ring (bicyclic) bond motifs is 1. The van der Waals surface area contributed by atoms with Crippen LogP contribution in [0.1, 0.15) is 29.5 Å². The Morgan fingerprint density at radius 3 is 3.28 bits per heavy atom. The van der Waals surface area contributed by atoms with E-state index in [1.807, 2.05) is 6.20 Å². The van der Waals surface area contributed by atoms with Crippen molar-refractivity contribution in [3.05, 3.63) is 39.0 Å². The van der Waals surface area contributed by atoms with Crippen molar-refractivity contribution >= 4 is 27.3 Å². The molecular weight excluding hydrogens is 310 g/mol. The summed E-state index contributed by atoms with van der Waals surface area (Å²) in [6, 6.07) is 4.28. The third-order valence-electron chi connectivity index (χ3n) is 3.38. The van der Waals surface area contributed by atoms with Crippen LogP contribution in [0.5, 0.6) is 0 Å². The van der Waals surface area contributed by atoms with E-state index in [9.17, 15) is 0 Å². The van der Waals surface area contributed by atoms with Crippen LogP contribution < -0.4 is 5.32 Å². The Hall–Kier alpha value is -0.650. The molecule has 3 nitrogen and oxygen atoms in total. The molecule has 0 saturated carbocycles. The Bertz CT molecular complexity index is 520. The minimum absolute atomic E-state index is 0.567. The van der Waals surface area contributed by atoms with Crippen molar-refractivity contribution in [2.45, 2.75) is 31.8 Å². The Morgan fingerprint density at radius 1 is 1.50 bits per heavy atom. The topological polar surface area (TPSA) is 29.9 Å². The predicted molar refractivity (Wildman–Crippen MR) is 77.9 cm³/mol. The van der Waals surface area contributed by atoms with Crippen molar-refractivity contribution in [1.29, 1.82) is 0 Å². The normalized spacial score (nSPS) is 18.8. The molecule has 1 aliphatic rings. The Labute approximate surface area is 119 Å². The van der Waals surface area contributed by atoms with E-state index in [-0.39, 0.29) is 0 Å². The summed E-state index contributed by atoms with van der Waals surface area (Å²) in [6.07, 6.45) is 6.53. The van der Waals surface area contributed by atoms with Crippen LogP contribution in [-0.2, 0) is 13.1 Å². The Morgan fingerprint density at radius 2 is 2.44 bits per heavy atom. The smallest absolute Gasteiger partial charge is 0.113 e. The van der Waals surface area contributed by atoms with Gasteiger partial charge in [-0.2, -0.15) is 0 Å². The third-order valence-corrected chi connectivity index (χ3v) is 5.01. The number of rotatable bonds is 4. The standard InChI is InChI=1S/C13H16BrN3S/c14-12-4-3-11(18-12)9-15-8-10-2-1-6-17-7-5-16-13(10)17/h3-5,7,10,15H,1-2,6,8-9H2. The van der Waals surface area contributed by atoms with E-state index in [0.717, 1.165) is 19.6 Å². The summed E-state index contributed by atoms with van der Waals surface area (Å²) in [5.41, 5.74) is 0. The number of halogens is 1. The molecule has 96 valence electrons. The molecule has 0 aliphatic carbocycles. The first kappa shape index (κ1) is 12.4. The van der Waals surface area contributed by atoms with Crippen molar-refractivity contribution in [3.63, 3.8) is 0 Å². The number of nitrogens with one attached hydrogen (secondary N) is 1. The van der Waals surface area contributed by atoms with Crippen LogP contribution in [-0.4, -0.2) is 16.1 Å². The van der Waals surface area contributed by atoms with Crippen LogP contribution in [0.15, 0.2) is 28.3 Å². The monoisotopic (exact) mass is 325 g/mol. The van der Waals surface area contributed by atoms with Gasteiger partial charge in [0, 0.05) is 42.8 Å². The van der Waals surface area contributed by atoms with Gasteiger partial charge in [-0.15, -0.1) is 11.3 Å². The van der Waals surface area contributed by atoms with Crippen molar-refractivity contribution < 1.29 is 0 Å². The first-order chi connectivity index (χ1) is 8.83. The maximum absolute atomic E-state index is 4.49. The highest BCUT2D eigenvalue weighted by Crippen LogP contribution is 2.25. The molecule has 18 heavy (non-hydrogen) atoms. The van der Waals surface area contributed by atoms with E-state index in [0.29, 0.717) is 5.92 Å². The van der Waals surface area contributed by atoms with Gasteiger partial charge >= 0.3 is 0 Å². The van der Waals surface area contributed by atoms with Crippen LogP contribution in [0.2, 0.25) is 0 Å². The summed E-state index contributed by atoms with van der Waals surface area (Å²) < 4.78 is 3.49. The lowest BCUT2D eigenvalue weighted by Gasteiger charge is -2.23. The molecule has 1 N–H and O–H groups in total. The van der Waals surface area contributed by atoms with Crippen LogP contribution in [0, 0.1) is 0 Å². The first-order valence-corrected chi connectivity index (χ1v) is 7.90. The van der Waals surface area contributed by atoms with E-state index in [1.54, 1.807) is 11.3 Å². The number of imidazole rings is 1. The molecule has 3 rings (SSSR count). The van der Waals surface area contributed by atoms with Gasteiger partial charge in [-0.25, -0.2) is 4.98 Å². The molecule has 5 heteroatoms. The molecule has 0 saturated heterocycles. The zero-order valence-electron chi connectivity index (χ0n) is 10.1. The fourth-order valence-electron chi connectivity index (χ4n) is 2.52. The predicted octanol–water partition coefficient (Wildman–Crippen LogP) is 3.37. The molecule has 0 radical (unpaired) electrons. The highest BCUT2D eigenvalue weighted by atomic mass is 79.9. The molecule has 0 bridgehead atoms. The molecule has 0 aromatic carbocycles. The van der Waals surface area contributed by atoms with Gasteiger partial charge in [-0.05, 0) is 40.9 Å². The van der Waals surface area contributed by atoms with Gasteiger partial charge in [-0.1, -0.05) is 0 Å². The van der Waals surface area contributed by atoms with E-state index < -0.39 is 0 Å². The highest BCUT2D eigenvalue weighted by Gasteiger charge is 2.20. The van der Waals surface area contributed by atoms with Crippen LogP contribution in [0.3, 0.4) is 0 Å². The lowest BCUT2D eigenvalue weighted by molar-refractivity contribution is 0.423. The average Bonchev–Trinajstić information content (AvgIpc) is 2.98. The largest absolute Gasteiger partial charge is 0.335 e. The van der Waals surface area contributed by atoms with Gasteiger partial charge in [-0.3, -0.25) is 0 Å². The van der Waals surface area contributed by atoms with Gasteiger partial charge in [0.2, 0.25) is 0 Å². The molecule has 1 atom stereocenters. The molecule has 2 aromatic rings. The maximum Gasteiger partial charge on any atom is 0.113 e. The quantitative estimate of drug-likeness (QED) is 0.933. The number of nitrogens with zero attached hydrogens (tertiary/aromatic N) is 2. The van der Waals surface area contributed by atoms with Crippen molar-refractivity contribution in [1.82, 2.24) is 14.9 Å². The van der Waals surface area contributed by atoms with Crippen molar-refractivity contribution in [3.8, 4) is 0 Å². The zero-order chi connectivity index (χ0) is 12.4. The Balaban J connectivity index is 1.55. The zero-order valence-corrected chi connectivity index (χ0v) is 12.5. The summed E-state index contributed by atoms with van der Waals surface area (Å²) in [7, 11) is 0. The summed E-state index contributed by atoms with van der Waals surface area (Å²) in [6.45, 7) is 3.10. The summed E-state index contributed by atoms with van der Waals surface area (Å²) in [5, 5.41) is 3.55. The number of aryl methyl sites for hydroxylation is 1. The maximum atomic E-state index is 4.49. The highest BCUT2D eigenvalue weighted by molar-refractivity contribution is 9.11. The number of hydrogen-bond acceptors (Lipinski definition) is 3. The van der Waals surface area contributed by atoms with Crippen LogP contribution >= 0.6 is 27.3 Å². The molecule has 3 heterocycles. The lowest BCUT2D eigenvalue weighted by atomic mass is 9.99. The average molecular weight is 326 g/mol. The van der Waals surface area contributed by atoms with Crippen LogP contribution in [0.4, 0.5) is 0 Å². The minimum Gasteiger partial charge on any atom is -0.335 e. The van der Waals surface area contributed by atoms with Gasteiger partial charge in [0.25, 0.3) is 0 Å². The second-order valence-electron chi connectivity index (χ2n) is 4.65. The van der Waals surface area contributed by atoms with Gasteiger partial charge < -0.3 is 9.88 Å². The van der Waals surface area contributed by atoms with E-state index in [4.69, 9.17) is 0 Å². The molecule has 1 aliphatic heterocycles. The van der Waals surface area contributed by atoms with E-state index >= 15 is 0 Å². The molecular formula is C13H16BrN3S. The second kappa shape index (κ2) is 5.55. The molecule has 0 fully saturated rings. The second-order valence-corrected chi connectivity index (χ2v) is 7.20. The summed E-state index contributed by atoms with van der Waals surface area (Å²) >= 11 is 5.29. The number of thiophene rings is 1. The number of hydrogen-bond donors (Lipinski definition) is 1. The SMILES string of the molecule is Brc1ccc(CNCC2CCCn3ccnc32)s1. The van der Waals surface area contributed by atoms with Gasteiger partial charge in [0.05, 0.1) is 3.79 Å². The molecule has 0 spiro atoms. The summed E-state index contributed by atoms with van der Waals surface area (Å²) in [5.74, 6) is 1.82. The first-order valence-electron chi connectivity index (χ1n) is 6.29. The fraction of sp³-hybridized carbons (Fsp3) is 0.462. The third kappa shape index (κ3) is 2.68. The number of aromatic nitrogens is 2. The molecule has 1 unspecified atom stereocenters. The van der Waals surface area contributed by atoms with Crippen molar-refractivity contribution in [2.75, 3.05) is 6.54 Å². The van der Waals surface area contributed by atoms with Crippen LogP contribution in [0.25, 0.3) is 0 Å².